The Labute approximate surface area is 90.1 Å². The number of ether oxygens (including phenoxy) is 1. The number of rotatable bonds is 5. The van der Waals surface area contributed by atoms with Crippen LogP contribution in [-0.4, -0.2) is 29.4 Å². The van der Waals surface area contributed by atoms with E-state index in [-0.39, 0.29) is 6.10 Å². The van der Waals surface area contributed by atoms with Gasteiger partial charge in [-0.3, -0.25) is 4.98 Å². The minimum absolute atomic E-state index is 0.00170. The molecule has 1 heterocycles. The van der Waals surface area contributed by atoms with E-state index < -0.39 is 6.10 Å². The second kappa shape index (κ2) is 4.73. The summed E-state index contributed by atoms with van der Waals surface area (Å²) in [5, 5.41) is 10.0. The first-order valence-electron chi connectivity index (χ1n) is 5.41. The standard InChI is InChI=1S/C12H17NO2/c1-15-12(10-2-3-10)11(14)8-9-4-6-13-7-5-9/h4-7,10-12,14H,2-3,8H2,1H3. The number of nitrogens with zero attached hydrogens (tertiary/aromatic N) is 1. The van der Waals surface area contributed by atoms with E-state index in [0.29, 0.717) is 12.3 Å². The maximum atomic E-state index is 10.0. The highest BCUT2D eigenvalue weighted by molar-refractivity contribution is 5.11. The van der Waals surface area contributed by atoms with Crippen molar-refractivity contribution in [2.75, 3.05) is 7.11 Å². The lowest BCUT2D eigenvalue weighted by Crippen LogP contribution is -2.31. The Balaban J connectivity index is 1.93. The number of aromatic nitrogens is 1. The largest absolute Gasteiger partial charge is 0.390 e. The lowest BCUT2D eigenvalue weighted by molar-refractivity contribution is -0.0237. The Bertz CT molecular complexity index is 298. The van der Waals surface area contributed by atoms with Gasteiger partial charge in [0.25, 0.3) is 0 Å². The average Bonchev–Trinajstić information content (AvgIpc) is 3.04. The fourth-order valence-corrected chi connectivity index (χ4v) is 1.96. The van der Waals surface area contributed by atoms with Crippen LogP contribution in [0.2, 0.25) is 0 Å². The Morgan fingerprint density at radius 2 is 2.13 bits per heavy atom. The molecule has 1 N–H and O–H groups in total. The fraction of sp³-hybridized carbons (Fsp3) is 0.583. The quantitative estimate of drug-likeness (QED) is 0.793. The number of pyridine rings is 1. The molecule has 1 saturated carbocycles. The van der Waals surface area contributed by atoms with E-state index in [0.717, 1.165) is 5.56 Å². The van der Waals surface area contributed by atoms with Gasteiger partial charge < -0.3 is 9.84 Å². The van der Waals surface area contributed by atoms with Crippen molar-refractivity contribution in [3.8, 4) is 0 Å². The minimum Gasteiger partial charge on any atom is -0.390 e. The lowest BCUT2D eigenvalue weighted by Gasteiger charge is -2.21. The molecule has 3 nitrogen and oxygen atoms in total. The third-order valence-corrected chi connectivity index (χ3v) is 2.93. The van der Waals surface area contributed by atoms with Crippen LogP contribution in [0.15, 0.2) is 24.5 Å². The predicted molar refractivity (Wildman–Crippen MR) is 57.5 cm³/mol. The molecule has 1 aromatic heterocycles. The van der Waals surface area contributed by atoms with Crippen molar-refractivity contribution in [3.05, 3.63) is 30.1 Å². The molecule has 0 aliphatic heterocycles. The van der Waals surface area contributed by atoms with E-state index in [4.69, 9.17) is 4.74 Å². The average molecular weight is 207 g/mol. The van der Waals surface area contributed by atoms with Gasteiger partial charge >= 0.3 is 0 Å². The van der Waals surface area contributed by atoms with Gasteiger partial charge in [0.05, 0.1) is 12.2 Å². The van der Waals surface area contributed by atoms with E-state index in [1.54, 1.807) is 19.5 Å². The van der Waals surface area contributed by atoms with Crippen LogP contribution in [0.1, 0.15) is 18.4 Å². The zero-order valence-electron chi connectivity index (χ0n) is 8.97. The van der Waals surface area contributed by atoms with E-state index in [1.165, 1.54) is 12.8 Å². The molecule has 3 heteroatoms. The molecule has 15 heavy (non-hydrogen) atoms. The van der Waals surface area contributed by atoms with Gasteiger partial charge in [-0.15, -0.1) is 0 Å². The Kier molecular flexibility index (Phi) is 3.34. The maximum absolute atomic E-state index is 10.0. The molecule has 2 atom stereocenters. The van der Waals surface area contributed by atoms with Crippen molar-refractivity contribution in [1.29, 1.82) is 0 Å². The molecule has 0 saturated heterocycles. The van der Waals surface area contributed by atoms with Crippen LogP contribution in [0, 0.1) is 5.92 Å². The van der Waals surface area contributed by atoms with Gasteiger partial charge in [-0.1, -0.05) is 0 Å². The Morgan fingerprint density at radius 3 is 2.67 bits per heavy atom. The summed E-state index contributed by atoms with van der Waals surface area (Å²) < 4.78 is 5.34. The van der Waals surface area contributed by atoms with Crippen LogP contribution in [0.5, 0.6) is 0 Å². The normalized spacial score (nSPS) is 19.9. The maximum Gasteiger partial charge on any atom is 0.0861 e. The molecule has 0 spiro atoms. The molecular weight excluding hydrogens is 190 g/mol. The highest BCUT2D eigenvalue weighted by atomic mass is 16.5. The number of hydrogen-bond donors (Lipinski definition) is 1. The van der Waals surface area contributed by atoms with Crippen molar-refractivity contribution >= 4 is 0 Å². The van der Waals surface area contributed by atoms with Gasteiger partial charge in [-0.05, 0) is 36.5 Å². The lowest BCUT2D eigenvalue weighted by atomic mass is 10.0. The fourth-order valence-electron chi connectivity index (χ4n) is 1.96. The van der Waals surface area contributed by atoms with Gasteiger partial charge in [0, 0.05) is 25.9 Å². The molecule has 1 aliphatic rings. The number of methoxy groups -OCH3 is 1. The topological polar surface area (TPSA) is 42.4 Å². The molecule has 1 aromatic rings. The summed E-state index contributed by atoms with van der Waals surface area (Å²) in [6.45, 7) is 0. The molecule has 0 bridgehead atoms. The SMILES string of the molecule is COC(C(O)Cc1ccncc1)C1CC1. The van der Waals surface area contributed by atoms with Crippen LogP contribution in [0.4, 0.5) is 0 Å². The molecule has 0 aromatic carbocycles. The molecule has 0 radical (unpaired) electrons. The van der Waals surface area contributed by atoms with E-state index in [9.17, 15) is 5.11 Å². The van der Waals surface area contributed by atoms with Crippen LogP contribution >= 0.6 is 0 Å². The van der Waals surface area contributed by atoms with E-state index >= 15 is 0 Å². The van der Waals surface area contributed by atoms with Gasteiger partial charge in [-0.25, -0.2) is 0 Å². The van der Waals surface area contributed by atoms with Gasteiger partial charge in [0.2, 0.25) is 0 Å². The third-order valence-electron chi connectivity index (χ3n) is 2.93. The highest BCUT2D eigenvalue weighted by Crippen LogP contribution is 2.36. The first kappa shape index (κ1) is 10.6. The summed E-state index contributed by atoms with van der Waals surface area (Å²) in [5.41, 5.74) is 1.11. The first-order valence-corrected chi connectivity index (χ1v) is 5.41. The van der Waals surface area contributed by atoms with Crippen molar-refractivity contribution in [3.63, 3.8) is 0 Å². The zero-order chi connectivity index (χ0) is 10.7. The van der Waals surface area contributed by atoms with E-state index in [1.807, 2.05) is 12.1 Å². The van der Waals surface area contributed by atoms with Gasteiger partial charge in [0.1, 0.15) is 0 Å². The molecule has 0 amide bonds. The summed E-state index contributed by atoms with van der Waals surface area (Å²) in [5.74, 6) is 0.562. The van der Waals surface area contributed by atoms with Crippen LogP contribution < -0.4 is 0 Å². The summed E-state index contributed by atoms with van der Waals surface area (Å²) in [6, 6.07) is 3.87. The highest BCUT2D eigenvalue weighted by Gasteiger charge is 2.35. The number of aliphatic hydroxyl groups is 1. The molecular formula is C12H17NO2. The van der Waals surface area contributed by atoms with Crippen LogP contribution in [0.25, 0.3) is 0 Å². The van der Waals surface area contributed by atoms with Crippen LogP contribution in [-0.2, 0) is 11.2 Å². The summed E-state index contributed by atoms with van der Waals surface area (Å²) >= 11 is 0. The number of hydrogen-bond acceptors (Lipinski definition) is 3. The molecule has 1 fully saturated rings. The second-order valence-electron chi connectivity index (χ2n) is 4.16. The monoisotopic (exact) mass is 207 g/mol. The second-order valence-corrected chi connectivity index (χ2v) is 4.16. The zero-order valence-corrected chi connectivity index (χ0v) is 8.97. The molecule has 2 unspecified atom stereocenters. The van der Waals surface area contributed by atoms with Crippen molar-refractivity contribution in [2.24, 2.45) is 5.92 Å². The third kappa shape index (κ3) is 2.76. The number of aliphatic hydroxyl groups excluding tert-OH is 1. The first-order chi connectivity index (χ1) is 7.31. The summed E-state index contributed by atoms with van der Waals surface area (Å²) in [7, 11) is 1.68. The Morgan fingerprint density at radius 1 is 1.47 bits per heavy atom. The molecule has 2 rings (SSSR count). The summed E-state index contributed by atoms with van der Waals surface area (Å²) in [4.78, 5) is 3.95. The van der Waals surface area contributed by atoms with E-state index in [2.05, 4.69) is 4.98 Å². The van der Waals surface area contributed by atoms with Crippen LogP contribution in [0.3, 0.4) is 0 Å². The van der Waals surface area contributed by atoms with Gasteiger partial charge in [-0.2, -0.15) is 0 Å². The molecule has 1 aliphatic carbocycles. The van der Waals surface area contributed by atoms with Gasteiger partial charge in [0.15, 0.2) is 0 Å². The van der Waals surface area contributed by atoms with Crippen molar-refractivity contribution in [1.82, 2.24) is 4.98 Å². The minimum atomic E-state index is -0.398. The summed E-state index contributed by atoms with van der Waals surface area (Å²) in [6.07, 6.45) is 6.13. The molecule has 82 valence electrons. The van der Waals surface area contributed by atoms with Crippen molar-refractivity contribution < 1.29 is 9.84 Å². The smallest absolute Gasteiger partial charge is 0.0861 e. The predicted octanol–water partition coefficient (Wildman–Crippen LogP) is 1.41. The van der Waals surface area contributed by atoms with Crippen molar-refractivity contribution in [2.45, 2.75) is 31.5 Å². The Hall–Kier alpha value is -0.930.